The van der Waals surface area contributed by atoms with E-state index in [1.165, 1.54) is 28.8 Å². The predicted molar refractivity (Wildman–Crippen MR) is 117 cm³/mol. The first kappa shape index (κ1) is 18.7. The minimum absolute atomic E-state index is 0.123. The highest BCUT2D eigenvalue weighted by Crippen LogP contribution is 2.37. The maximum atomic E-state index is 12.9. The van der Waals surface area contributed by atoms with E-state index in [4.69, 9.17) is 28.6 Å². The lowest BCUT2D eigenvalue weighted by Gasteiger charge is -2.14. The highest BCUT2D eigenvalue weighted by Gasteiger charge is 2.33. The van der Waals surface area contributed by atoms with E-state index in [0.717, 1.165) is 5.39 Å². The number of hydrogen-bond acceptors (Lipinski definition) is 6. The van der Waals surface area contributed by atoms with Crippen LogP contribution in [0.25, 0.3) is 17.0 Å². The van der Waals surface area contributed by atoms with Crippen molar-refractivity contribution >= 4 is 68.5 Å². The van der Waals surface area contributed by atoms with Crippen LogP contribution in [-0.4, -0.2) is 27.4 Å². The van der Waals surface area contributed by atoms with Gasteiger partial charge < -0.3 is 9.84 Å². The van der Waals surface area contributed by atoms with Crippen molar-refractivity contribution in [1.29, 1.82) is 0 Å². The average Bonchev–Trinajstić information content (AvgIpc) is 2.96. The number of anilines is 1. The second-order valence-electron chi connectivity index (χ2n) is 5.92. The van der Waals surface area contributed by atoms with E-state index >= 15 is 0 Å². The summed E-state index contributed by atoms with van der Waals surface area (Å²) in [6.07, 6.45) is 1.69. The van der Waals surface area contributed by atoms with E-state index in [1.807, 2.05) is 6.07 Å². The zero-order valence-electron chi connectivity index (χ0n) is 14.5. The Morgan fingerprint density at radius 3 is 2.64 bits per heavy atom. The number of benzene rings is 2. The van der Waals surface area contributed by atoms with Gasteiger partial charge in [-0.05, 0) is 54.6 Å². The van der Waals surface area contributed by atoms with Crippen molar-refractivity contribution in [3.63, 3.8) is 0 Å². The number of carbonyl (C=O) groups excluding carboxylic acids is 1. The number of aromatic hydroxyl groups is 1. The van der Waals surface area contributed by atoms with Crippen LogP contribution in [-0.2, 0) is 4.79 Å². The van der Waals surface area contributed by atoms with Crippen LogP contribution >= 0.6 is 35.6 Å². The van der Waals surface area contributed by atoms with E-state index in [1.54, 1.807) is 43.5 Å². The normalized spacial score (nSPS) is 15.6. The fourth-order valence-corrected chi connectivity index (χ4v) is 4.34. The third-order valence-corrected chi connectivity index (χ3v) is 5.82. The lowest BCUT2D eigenvalue weighted by atomic mass is 10.2. The zero-order chi connectivity index (χ0) is 19.8. The Kier molecular flexibility index (Phi) is 4.97. The van der Waals surface area contributed by atoms with Gasteiger partial charge in [0.2, 0.25) is 0 Å². The minimum atomic E-state index is -0.236. The summed E-state index contributed by atoms with van der Waals surface area (Å²) in [6, 6.07) is 13.5. The van der Waals surface area contributed by atoms with Crippen LogP contribution in [0.4, 0.5) is 5.69 Å². The Balaban J connectivity index is 1.72. The van der Waals surface area contributed by atoms with Crippen molar-refractivity contribution in [1.82, 2.24) is 4.98 Å². The molecule has 1 N–H and O–H groups in total. The molecule has 0 atom stereocenters. The van der Waals surface area contributed by atoms with Crippen LogP contribution in [0.2, 0.25) is 5.02 Å². The molecule has 5 nitrogen and oxygen atoms in total. The monoisotopic (exact) mass is 428 g/mol. The molecule has 4 rings (SSSR count). The Morgan fingerprint density at radius 1 is 1.18 bits per heavy atom. The topological polar surface area (TPSA) is 62.7 Å². The van der Waals surface area contributed by atoms with Crippen LogP contribution in [0.3, 0.4) is 0 Å². The number of carbonyl (C=O) groups is 1. The molecular formula is C20H13ClN2O3S2. The summed E-state index contributed by atoms with van der Waals surface area (Å²) in [4.78, 5) is 19.4. The molecule has 2 heterocycles. The number of nitrogens with zero attached hydrogens (tertiary/aromatic N) is 2. The number of amides is 1. The first-order valence-corrected chi connectivity index (χ1v) is 9.78. The van der Waals surface area contributed by atoms with Gasteiger partial charge in [0.05, 0.1) is 28.4 Å². The lowest BCUT2D eigenvalue weighted by Crippen LogP contribution is -2.27. The molecular weight excluding hydrogens is 416 g/mol. The second kappa shape index (κ2) is 7.43. The number of thiocarbonyl (C=S) groups is 1. The van der Waals surface area contributed by atoms with Crippen molar-refractivity contribution in [2.75, 3.05) is 12.0 Å². The van der Waals surface area contributed by atoms with Gasteiger partial charge >= 0.3 is 0 Å². The molecule has 0 unspecified atom stereocenters. The molecule has 1 amide bonds. The molecule has 28 heavy (non-hydrogen) atoms. The molecule has 0 radical (unpaired) electrons. The standard InChI is InChI=1S/C20H13ClN2O3S2/c1-26-16-9-8-15(21)14-7-2-11(22-18(14)16)10-17-19(25)23(20(27)28-17)12-3-5-13(24)6-4-12/h2-10,24H,1H3/b17-10-. The number of phenolic OH excluding ortho intramolecular Hbond substituents is 1. The third-order valence-electron chi connectivity index (χ3n) is 4.19. The maximum absolute atomic E-state index is 12.9. The molecule has 1 fully saturated rings. The van der Waals surface area contributed by atoms with E-state index in [-0.39, 0.29) is 11.7 Å². The number of pyridine rings is 1. The number of rotatable bonds is 3. The Bertz CT molecular complexity index is 1150. The van der Waals surface area contributed by atoms with Crippen LogP contribution < -0.4 is 9.64 Å². The van der Waals surface area contributed by atoms with Gasteiger partial charge in [-0.3, -0.25) is 9.69 Å². The van der Waals surface area contributed by atoms with Crippen molar-refractivity contribution < 1.29 is 14.6 Å². The number of fused-ring (bicyclic) bond motifs is 1. The van der Waals surface area contributed by atoms with Crippen LogP contribution in [0, 0.1) is 0 Å². The molecule has 1 saturated heterocycles. The van der Waals surface area contributed by atoms with Gasteiger partial charge in [0.1, 0.15) is 17.0 Å². The summed E-state index contributed by atoms with van der Waals surface area (Å²) in [5.74, 6) is 0.490. The number of aromatic nitrogens is 1. The van der Waals surface area contributed by atoms with Crippen molar-refractivity contribution in [2.24, 2.45) is 0 Å². The quantitative estimate of drug-likeness (QED) is 0.467. The molecule has 0 bridgehead atoms. The number of thioether (sulfide) groups is 1. The Morgan fingerprint density at radius 2 is 1.93 bits per heavy atom. The van der Waals surface area contributed by atoms with Gasteiger partial charge in [0, 0.05) is 5.39 Å². The summed E-state index contributed by atoms with van der Waals surface area (Å²) in [5, 5.41) is 10.8. The Hall–Kier alpha value is -2.61. The van der Waals surface area contributed by atoms with Crippen LogP contribution in [0.1, 0.15) is 5.69 Å². The van der Waals surface area contributed by atoms with Crippen LogP contribution in [0.5, 0.6) is 11.5 Å². The molecule has 1 aliphatic rings. The highest BCUT2D eigenvalue weighted by atomic mass is 35.5. The number of ether oxygens (including phenoxy) is 1. The first-order valence-electron chi connectivity index (χ1n) is 8.18. The predicted octanol–water partition coefficient (Wildman–Crippen LogP) is 5.01. The average molecular weight is 429 g/mol. The second-order valence-corrected chi connectivity index (χ2v) is 8.00. The largest absolute Gasteiger partial charge is 0.508 e. The van der Waals surface area contributed by atoms with Gasteiger partial charge in [-0.15, -0.1) is 0 Å². The number of methoxy groups -OCH3 is 1. The number of hydrogen-bond donors (Lipinski definition) is 1. The van der Waals surface area contributed by atoms with Gasteiger partial charge in [0.25, 0.3) is 5.91 Å². The van der Waals surface area contributed by atoms with Crippen molar-refractivity contribution in [2.45, 2.75) is 0 Å². The minimum Gasteiger partial charge on any atom is -0.508 e. The molecule has 1 aliphatic heterocycles. The molecule has 8 heteroatoms. The molecule has 0 saturated carbocycles. The molecule has 0 spiro atoms. The van der Waals surface area contributed by atoms with E-state index in [9.17, 15) is 9.90 Å². The summed E-state index contributed by atoms with van der Waals surface area (Å²) in [6.45, 7) is 0. The third kappa shape index (κ3) is 3.32. The zero-order valence-corrected chi connectivity index (χ0v) is 16.9. The highest BCUT2D eigenvalue weighted by molar-refractivity contribution is 8.27. The smallest absolute Gasteiger partial charge is 0.270 e. The SMILES string of the molecule is COc1ccc(Cl)c2ccc(/C=C3\SC(=S)N(c4ccc(O)cc4)C3=O)nc12. The van der Waals surface area contributed by atoms with Gasteiger partial charge in [-0.2, -0.15) is 0 Å². The van der Waals surface area contributed by atoms with E-state index in [0.29, 0.717) is 36.9 Å². The molecule has 0 aliphatic carbocycles. The van der Waals surface area contributed by atoms with Gasteiger partial charge in [0.15, 0.2) is 4.32 Å². The summed E-state index contributed by atoms with van der Waals surface area (Å²) in [5.41, 5.74) is 1.82. The Labute approximate surface area is 175 Å². The first-order chi connectivity index (χ1) is 13.5. The van der Waals surface area contributed by atoms with Gasteiger partial charge in [-0.1, -0.05) is 35.6 Å². The van der Waals surface area contributed by atoms with Crippen molar-refractivity contribution in [3.05, 3.63) is 64.2 Å². The van der Waals surface area contributed by atoms with Crippen molar-refractivity contribution in [3.8, 4) is 11.5 Å². The van der Waals surface area contributed by atoms with Crippen LogP contribution in [0.15, 0.2) is 53.4 Å². The maximum Gasteiger partial charge on any atom is 0.270 e. The molecule has 1 aromatic heterocycles. The fourth-order valence-electron chi connectivity index (χ4n) is 2.84. The number of halogens is 1. The molecule has 3 aromatic rings. The van der Waals surface area contributed by atoms with E-state index < -0.39 is 0 Å². The summed E-state index contributed by atoms with van der Waals surface area (Å²) >= 11 is 12.8. The lowest BCUT2D eigenvalue weighted by molar-refractivity contribution is -0.113. The molecule has 2 aromatic carbocycles. The number of phenols is 1. The fraction of sp³-hybridized carbons (Fsp3) is 0.0500. The summed E-state index contributed by atoms with van der Waals surface area (Å²) in [7, 11) is 1.57. The van der Waals surface area contributed by atoms with Gasteiger partial charge in [-0.25, -0.2) is 4.98 Å². The summed E-state index contributed by atoms with van der Waals surface area (Å²) < 4.78 is 5.79. The molecule has 140 valence electrons. The van der Waals surface area contributed by atoms with E-state index in [2.05, 4.69) is 4.98 Å².